The first kappa shape index (κ1) is 15.0. The third-order valence-corrected chi connectivity index (χ3v) is 3.04. The Morgan fingerprint density at radius 2 is 2.11 bits per heavy atom. The smallest absolute Gasteiger partial charge is 0.166 e. The topological polar surface area (TPSA) is 35.5 Å². The van der Waals surface area contributed by atoms with Gasteiger partial charge in [-0.05, 0) is 24.6 Å². The number of hydrogen-bond acceptors (Lipinski definition) is 3. The fourth-order valence-electron chi connectivity index (χ4n) is 1.86. The maximum atomic E-state index is 12.1. The van der Waals surface area contributed by atoms with Gasteiger partial charge in [0.1, 0.15) is 11.9 Å². The standard InChI is InChI=1S/C14H19ClO3/c1-4-5-14(18-3)12(16)9-10-8-11(15)6-7-13(10)17-2/h6-8,14H,4-5,9H2,1-3H3. The average Bonchev–Trinajstić information content (AvgIpc) is 2.36. The molecule has 0 saturated heterocycles. The number of ketones is 1. The van der Waals surface area contributed by atoms with Crippen molar-refractivity contribution < 1.29 is 14.3 Å². The molecule has 0 aliphatic heterocycles. The van der Waals surface area contributed by atoms with E-state index in [-0.39, 0.29) is 18.3 Å². The lowest BCUT2D eigenvalue weighted by molar-refractivity contribution is -0.128. The lowest BCUT2D eigenvalue weighted by Gasteiger charge is -2.14. The molecule has 3 nitrogen and oxygen atoms in total. The van der Waals surface area contributed by atoms with Crippen molar-refractivity contribution in [1.82, 2.24) is 0 Å². The van der Waals surface area contributed by atoms with Gasteiger partial charge in [-0.3, -0.25) is 4.79 Å². The van der Waals surface area contributed by atoms with Gasteiger partial charge in [0.15, 0.2) is 5.78 Å². The van der Waals surface area contributed by atoms with Crippen molar-refractivity contribution in [2.45, 2.75) is 32.3 Å². The van der Waals surface area contributed by atoms with E-state index < -0.39 is 0 Å². The van der Waals surface area contributed by atoms with Crippen LogP contribution in [0, 0.1) is 0 Å². The van der Waals surface area contributed by atoms with Crippen molar-refractivity contribution in [1.29, 1.82) is 0 Å². The molecule has 0 heterocycles. The highest BCUT2D eigenvalue weighted by molar-refractivity contribution is 6.30. The first-order chi connectivity index (χ1) is 8.62. The maximum Gasteiger partial charge on any atom is 0.166 e. The van der Waals surface area contributed by atoms with Crippen LogP contribution in [-0.4, -0.2) is 26.1 Å². The van der Waals surface area contributed by atoms with Crippen LogP contribution in [0.1, 0.15) is 25.3 Å². The van der Waals surface area contributed by atoms with Gasteiger partial charge in [-0.1, -0.05) is 24.9 Å². The lowest BCUT2D eigenvalue weighted by atomic mass is 10.0. The molecule has 0 saturated carbocycles. The van der Waals surface area contributed by atoms with Crippen LogP contribution < -0.4 is 4.74 Å². The second-order valence-corrected chi connectivity index (χ2v) is 4.55. The molecule has 0 fully saturated rings. The molecule has 4 heteroatoms. The summed E-state index contributed by atoms with van der Waals surface area (Å²) in [5.41, 5.74) is 0.799. The number of methoxy groups -OCH3 is 2. The molecular formula is C14H19ClO3. The highest BCUT2D eigenvalue weighted by atomic mass is 35.5. The Labute approximate surface area is 113 Å². The van der Waals surface area contributed by atoms with Crippen molar-refractivity contribution in [3.63, 3.8) is 0 Å². The van der Waals surface area contributed by atoms with Gasteiger partial charge in [-0.2, -0.15) is 0 Å². The zero-order valence-corrected chi connectivity index (χ0v) is 11.8. The Morgan fingerprint density at radius 1 is 1.39 bits per heavy atom. The van der Waals surface area contributed by atoms with Gasteiger partial charge in [0.25, 0.3) is 0 Å². The molecule has 0 radical (unpaired) electrons. The second kappa shape index (κ2) is 7.39. The molecule has 18 heavy (non-hydrogen) atoms. The summed E-state index contributed by atoms with van der Waals surface area (Å²) in [5.74, 6) is 0.735. The Bertz CT molecular complexity index is 404. The summed E-state index contributed by atoms with van der Waals surface area (Å²) in [7, 11) is 3.14. The largest absolute Gasteiger partial charge is 0.496 e. The van der Waals surface area contributed by atoms with E-state index in [9.17, 15) is 4.79 Å². The van der Waals surface area contributed by atoms with Crippen LogP contribution in [0.25, 0.3) is 0 Å². The number of rotatable bonds is 7. The molecule has 1 atom stereocenters. The van der Waals surface area contributed by atoms with Crippen molar-refractivity contribution in [2.75, 3.05) is 14.2 Å². The number of Topliss-reactive ketones (excluding diaryl/α,β-unsaturated/α-hetero) is 1. The van der Waals surface area contributed by atoms with Crippen LogP contribution in [0.2, 0.25) is 5.02 Å². The van der Waals surface area contributed by atoms with Gasteiger partial charge < -0.3 is 9.47 Å². The van der Waals surface area contributed by atoms with Gasteiger partial charge in [0.2, 0.25) is 0 Å². The molecule has 0 aromatic heterocycles. The minimum Gasteiger partial charge on any atom is -0.496 e. The predicted molar refractivity (Wildman–Crippen MR) is 72.4 cm³/mol. The fourth-order valence-corrected chi connectivity index (χ4v) is 2.05. The zero-order chi connectivity index (χ0) is 13.5. The average molecular weight is 271 g/mol. The number of carbonyl (C=O) groups is 1. The molecule has 0 amide bonds. The van der Waals surface area contributed by atoms with Crippen LogP contribution in [-0.2, 0) is 16.0 Å². The third-order valence-electron chi connectivity index (χ3n) is 2.80. The first-order valence-corrected chi connectivity index (χ1v) is 6.38. The summed E-state index contributed by atoms with van der Waals surface area (Å²) in [6.45, 7) is 2.03. The van der Waals surface area contributed by atoms with E-state index >= 15 is 0 Å². The SMILES string of the molecule is CCCC(OC)C(=O)Cc1cc(Cl)ccc1OC. The molecule has 0 spiro atoms. The molecular weight excluding hydrogens is 252 g/mol. The quantitative estimate of drug-likeness (QED) is 0.763. The third kappa shape index (κ3) is 4.00. The number of ether oxygens (including phenoxy) is 2. The fraction of sp³-hybridized carbons (Fsp3) is 0.500. The summed E-state index contributed by atoms with van der Waals surface area (Å²) in [6, 6.07) is 5.28. The summed E-state index contributed by atoms with van der Waals surface area (Å²) in [4.78, 5) is 12.1. The molecule has 0 aliphatic rings. The van der Waals surface area contributed by atoms with Crippen molar-refractivity contribution in [2.24, 2.45) is 0 Å². The molecule has 0 bridgehead atoms. The molecule has 1 rings (SSSR count). The summed E-state index contributed by atoms with van der Waals surface area (Å²) >= 11 is 5.93. The van der Waals surface area contributed by atoms with E-state index in [2.05, 4.69) is 0 Å². The molecule has 1 aromatic rings. The van der Waals surface area contributed by atoms with Crippen LogP contribution in [0.3, 0.4) is 0 Å². The first-order valence-electron chi connectivity index (χ1n) is 6.00. The number of halogens is 1. The molecule has 1 aromatic carbocycles. The minimum absolute atomic E-state index is 0.0555. The van der Waals surface area contributed by atoms with Gasteiger partial charge in [0.05, 0.1) is 7.11 Å². The van der Waals surface area contributed by atoms with E-state index in [1.165, 1.54) is 0 Å². The Kier molecular flexibility index (Phi) is 6.16. The minimum atomic E-state index is -0.348. The van der Waals surface area contributed by atoms with Crippen molar-refractivity contribution in [3.05, 3.63) is 28.8 Å². The lowest BCUT2D eigenvalue weighted by Crippen LogP contribution is -2.24. The number of carbonyl (C=O) groups excluding carboxylic acids is 1. The van der Waals surface area contributed by atoms with Gasteiger partial charge in [-0.25, -0.2) is 0 Å². The molecule has 0 aliphatic carbocycles. The van der Waals surface area contributed by atoms with E-state index in [0.717, 1.165) is 18.4 Å². The van der Waals surface area contributed by atoms with Gasteiger partial charge in [-0.15, -0.1) is 0 Å². The van der Waals surface area contributed by atoms with E-state index in [1.54, 1.807) is 32.4 Å². The van der Waals surface area contributed by atoms with Crippen molar-refractivity contribution in [3.8, 4) is 5.75 Å². The van der Waals surface area contributed by atoms with E-state index in [1.807, 2.05) is 6.92 Å². The van der Waals surface area contributed by atoms with Gasteiger partial charge in [0, 0.05) is 24.1 Å². The van der Waals surface area contributed by atoms with Gasteiger partial charge >= 0.3 is 0 Å². The Hall–Kier alpha value is -1.06. The number of hydrogen-bond donors (Lipinski definition) is 0. The summed E-state index contributed by atoms with van der Waals surface area (Å²) in [5, 5.41) is 0.600. The molecule has 100 valence electrons. The van der Waals surface area contributed by atoms with E-state index in [4.69, 9.17) is 21.1 Å². The van der Waals surface area contributed by atoms with Crippen LogP contribution in [0.4, 0.5) is 0 Å². The predicted octanol–water partition coefficient (Wildman–Crippen LogP) is 3.28. The molecule has 0 N–H and O–H groups in total. The molecule has 1 unspecified atom stereocenters. The highest BCUT2D eigenvalue weighted by Crippen LogP contribution is 2.24. The maximum absolute atomic E-state index is 12.1. The monoisotopic (exact) mass is 270 g/mol. The van der Waals surface area contributed by atoms with Crippen LogP contribution >= 0.6 is 11.6 Å². The Morgan fingerprint density at radius 3 is 2.67 bits per heavy atom. The Balaban J connectivity index is 2.82. The second-order valence-electron chi connectivity index (χ2n) is 4.11. The van der Waals surface area contributed by atoms with E-state index in [0.29, 0.717) is 10.8 Å². The zero-order valence-electron chi connectivity index (χ0n) is 11.0. The number of benzene rings is 1. The summed E-state index contributed by atoms with van der Waals surface area (Å²) < 4.78 is 10.4. The van der Waals surface area contributed by atoms with Crippen LogP contribution in [0.15, 0.2) is 18.2 Å². The van der Waals surface area contributed by atoms with Crippen molar-refractivity contribution >= 4 is 17.4 Å². The van der Waals surface area contributed by atoms with Crippen LogP contribution in [0.5, 0.6) is 5.75 Å². The summed E-state index contributed by atoms with van der Waals surface area (Å²) in [6.07, 6.45) is 1.58. The highest BCUT2D eigenvalue weighted by Gasteiger charge is 2.18. The normalized spacial score (nSPS) is 12.2.